The van der Waals surface area contributed by atoms with Crippen LogP contribution < -0.4 is 10.6 Å². The number of hydrogen-bond acceptors (Lipinski definition) is 3. The maximum atomic E-state index is 13.5. The Kier molecular flexibility index (Phi) is 6.66. The van der Waals surface area contributed by atoms with E-state index in [1.165, 1.54) is 12.1 Å². The lowest BCUT2D eigenvalue weighted by molar-refractivity contribution is -0.121. The van der Waals surface area contributed by atoms with Crippen LogP contribution in [0.5, 0.6) is 0 Å². The van der Waals surface area contributed by atoms with Crippen LogP contribution in [-0.2, 0) is 9.53 Å². The Hall–Kier alpha value is -1.95. The van der Waals surface area contributed by atoms with Crippen molar-refractivity contribution in [2.24, 2.45) is 0 Å². The summed E-state index contributed by atoms with van der Waals surface area (Å²) in [5.41, 5.74) is 0.729. The van der Waals surface area contributed by atoms with Gasteiger partial charge in [-0.3, -0.25) is 9.59 Å². The molecule has 2 N–H and O–H groups in total. The lowest BCUT2D eigenvalue weighted by Crippen LogP contribution is -2.32. The van der Waals surface area contributed by atoms with E-state index in [1.807, 2.05) is 0 Å². The molecule has 0 heterocycles. The number of carbonyl (C=O) groups is 2. The van der Waals surface area contributed by atoms with Crippen LogP contribution in [0, 0.1) is 12.7 Å². The van der Waals surface area contributed by atoms with Crippen molar-refractivity contribution in [3.63, 3.8) is 0 Å². The first kappa shape index (κ1) is 16.1. The molecule has 6 heteroatoms. The van der Waals surface area contributed by atoms with Gasteiger partial charge in [0.1, 0.15) is 5.82 Å². The van der Waals surface area contributed by atoms with Crippen molar-refractivity contribution in [3.8, 4) is 0 Å². The van der Waals surface area contributed by atoms with Gasteiger partial charge in [-0.2, -0.15) is 0 Å². The number of methoxy groups -OCH3 is 1. The molecule has 1 aromatic carbocycles. The molecule has 1 aromatic rings. The van der Waals surface area contributed by atoms with Crippen molar-refractivity contribution in [1.82, 2.24) is 10.6 Å². The van der Waals surface area contributed by atoms with Crippen LogP contribution >= 0.6 is 0 Å². The van der Waals surface area contributed by atoms with Crippen LogP contribution in [0.4, 0.5) is 4.39 Å². The van der Waals surface area contributed by atoms with Gasteiger partial charge in [-0.1, -0.05) is 6.07 Å². The van der Waals surface area contributed by atoms with E-state index in [-0.39, 0.29) is 24.4 Å². The molecular weight excluding hydrogens is 263 g/mol. The SMILES string of the molecule is COCCNC(=O)CCNC(=O)c1ccc(C)cc1F. The highest BCUT2D eigenvalue weighted by atomic mass is 19.1. The van der Waals surface area contributed by atoms with E-state index in [9.17, 15) is 14.0 Å². The molecule has 0 aliphatic heterocycles. The number of rotatable bonds is 7. The molecule has 0 aliphatic rings. The largest absolute Gasteiger partial charge is 0.383 e. The predicted molar refractivity (Wildman–Crippen MR) is 73.0 cm³/mol. The summed E-state index contributed by atoms with van der Waals surface area (Å²) in [6.07, 6.45) is 0.142. The summed E-state index contributed by atoms with van der Waals surface area (Å²) in [5, 5.41) is 5.14. The van der Waals surface area contributed by atoms with Gasteiger partial charge in [-0.15, -0.1) is 0 Å². The molecule has 0 atom stereocenters. The third kappa shape index (κ3) is 5.36. The average Bonchev–Trinajstić information content (AvgIpc) is 2.38. The van der Waals surface area contributed by atoms with Crippen LogP contribution in [0.25, 0.3) is 0 Å². The molecule has 0 spiro atoms. The lowest BCUT2D eigenvalue weighted by atomic mass is 10.1. The van der Waals surface area contributed by atoms with E-state index in [2.05, 4.69) is 10.6 Å². The van der Waals surface area contributed by atoms with Crippen LogP contribution in [0.3, 0.4) is 0 Å². The van der Waals surface area contributed by atoms with Gasteiger partial charge in [0, 0.05) is 26.6 Å². The minimum atomic E-state index is -0.563. The number of aryl methyl sites for hydroxylation is 1. The fourth-order valence-electron chi connectivity index (χ4n) is 1.57. The second-order valence-corrected chi connectivity index (χ2v) is 4.33. The number of nitrogens with one attached hydrogen (secondary N) is 2. The van der Waals surface area contributed by atoms with Crippen molar-refractivity contribution < 1.29 is 18.7 Å². The molecule has 1 rings (SSSR count). The molecule has 0 bridgehead atoms. The number of carbonyl (C=O) groups excluding carboxylic acids is 2. The molecule has 0 aliphatic carbocycles. The molecule has 0 saturated heterocycles. The molecule has 20 heavy (non-hydrogen) atoms. The smallest absolute Gasteiger partial charge is 0.254 e. The van der Waals surface area contributed by atoms with Gasteiger partial charge in [0.25, 0.3) is 5.91 Å². The van der Waals surface area contributed by atoms with Crippen LogP contribution in [0.1, 0.15) is 22.3 Å². The molecular formula is C14H19FN2O3. The summed E-state index contributed by atoms with van der Waals surface area (Å²) in [6.45, 7) is 2.77. The summed E-state index contributed by atoms with van der Waals surface area (Å²) in [7, 11) is 1.54. The van der Waals surface area contributed by atoms with E-state index in [1.54, 1.807) is 20.1 Å². The quantitative estimate of drug-likeness (QED) is 0.734. The van der Waals surface area contributed by atoms with E-state index in [0.29, 0.717) is 13.2 Å². The summed E-state index contributed by atoms with van der Waals surface area (Å²) >= 11 is 0. The summed E-state index contributed by atoms with van der Waals surface area (Å²) < 4.78 is 18.3. The first-order valence-corrected chi connectivity index (χ1v) is 6.34. The van der Waals surface area contributed by atoms with Gasteiger partial charge in [0.05, 0.1) is 12.2 Å². The first-order valence-electron chi connectivity index (χ1n) is 6.34. The number of benzene rings is 1. The number of ether oxygens (including phenoxy) is 1. The third-order valence-corrected chi connectivity index (χ3v) is 2.64. The van der Waals surface area contributed by atoms with E-state index >= 15 is 0 Å². The summed E-state index contributed by atoms with van der Waals surface area (Å²) in [5.74, 6) is -1.27. The predicted octanol–water partition coefficient (Wildman–Crippen LogP) is 1.02. The minimum absolute atomic E-state index is 0.0182. The standard InChI is InChI=1S/C14H19FN2O3/c1-10-3-4-11(12(15)9-10)14(19)17-6-5-13(18)16-7-8-20-2/h3-4,9H,5-8H2,1-2H3,(H,16,18)(H,17,19). The van der Waals surface area contributed by atoms with E-state index in [4.69, 9.17) is 4.74 Å². The fourth-order valence-corrected chi connectivity index (χ4v) is 1.57. The molecule has 2 amide bonds. The Labute approximate surface area is 117 Å². The van der Waals surface area contributed by atoms with Crippen molar-refractivity contribution in [1.29, 1.82) is 0 Å². The average molecular weight is 282 g/mol. The van der Waals surface area contributed by atoms with Crippen molar-refractivity contribution in [3.05, 3.63) is 35.1 Å². The number of halogens is 1. The zero-order valence-electron chi connectivity index (χ0n) is 11.7. The zero-order valence-corrected chi connectivity index (χ0v) is 11.7. The highest BCUT2D eigenvalue weighted by Gasteiger charge is 2.11. The Bertz CT molecular complexity index is 477. The molecule has 0 aromatic heterocycles. The normalized spacial score (nSPS) is 10.2. The maximum absolute atomic E-state index is 13.5. The summed E-state index contributed by atoms with van der Waals surface area (Å²) in [6, 6.07) is 4.39. The van der Waals surface area contributed by atoms with Crippen molar-refractivity contribution in [2.45, 2.75) is 13.3 Å². The molecule has 5 nitrogen and oxygen atoms in total. The monoisotopic (exact) mass is 282 g/mol. The Balaban J connectivity index is 2.34. The second kappa shape index (κ2) is 8.27. The van der Waals surface area contributed by atoms with Gasteiger partial charge in [-0.05, 0) is 24.6 Å². The van der Waals surface area contributed by atoms with Crippen LogP contribution in [0.2, 0.25) is 0 Å². The zero-order chi connectivity index (χ0) is 15.0. The van der Waals surface area contributed by atoms with Gasteiger partial charge in [0.2, 0.25) is 5.91 Å². The molecule has 0 radical (unpaired) electrons. The Morgan fingerprint density at radius 3 is 2.65 bits per heavy atom. The highest BCUT2D eigenvalue weighted by molar-refractivity contribution is 5.94. The van der Waals surface area contributed by atoms with E-state index < -0.39 is 11.7 Å². The second-order valence-electron chi connectivity index (χ2n) is 4.33. The third-order valence-electron chi connectivity index (χ3n) is 2.64. The molecule has 0 unspecified atom stereocenters. The van der Waals surface area contributed by atoms with E-state index in [0.717, 1.165) is 5.56 Å². The summed E-state index contributed by atoms with van der Waals surface area (Å²) in [4.78, 5) is 23.1. The lowest BCUT2D eigenvalue weighted by Gasteiger charge is -2.07. The Morgan fingerprint density at radius 1 is 1.25 bits per heavy atom. The highest BCUT2D eigenvalue weighted by Crippen LogP contribution is 2.09. The molecule has 0 fully saturated rings. The van der Waals surface area contributed by atoms with Crippen LogP contribution in [0.15, 0.2) is 18.2 Å². The Morgan fingerprint density at radius 2 is 2.00 bits per heavy atom. The van der Waals surface area contributed by atoms with Gasteiger partial charge in [-0.25, -0.2) is 4.39 Å². The maximum Gasteiger partial charge on any atom is 0.254 e. The number of hydrogen-bond donors (Lipinski definition) is 2. The van der Waals surface area contributed by atoms with Crippen molar-refractivity contribution >= 4 is 11.8 Å². The fraction of sp³-hybridized carbons (Fsp3) is 0.429. The van der Waals surface area contributed by atoms with Gasteiger partial charge in [0.15, 0.2) is 0 Å². The van der Waals surface area contributed by atoms with Crippen LogP contribution in [-0.4, -0.2) is 38.6 Å². The minimum Gasteiger partial charge on any atom is -0.383 e. The topological polar surface area (TPSA) is 67.4 Å². The first-order chi connectivity index (χ1) is 9.54. The van der Waals surface area contributed by atoms with Gasteiger partial charge >= 0.3 is 0 Å². The van der Waals surface area contributed by atoms with Gasteiger partial charge < -0.3 is 15.4 Å². The molecule has 110 valence electrons. The number of amides is 2. The molecule has 0 saturated carbocycles. The van der Waals surface area contributed by atoms with Crippen molar-refractivity contribution in [2.75, 3.05) is 26.8 Å².